The number of carbonyl (C=O) groups excluding carboxylic acids is 1. The molecule has 1 aliphatic carbocycles. The fourth-order valence-corrected chi connectivity index (χ4v) is 4.13. The Bertz CT molecular complexity index is 485. The summed E-state index contributed by atoms with van der Waals surface area (Å²) >= 11 is 0. The standard InChI is InChI=1S/C21H41N5O2/c1-4-18(3)25-19(27)9-12-23-20(22-5-2)24-17-21(10-7-6-8-11-21)26-13-15-28-16-14-26/h18H,4-17H2,1-3H3,(H,25,27)(H2,22,23,24). The summed E-state index contributed by atoms with van der Waals surface area (Å²) in [6.45, 7) is 12.1. The molecule has 0 aromatic carbocycles. The zero-order chi connectivity index (χ0) is 20.2. The molecule has 28 heavy (non-hydrogen) atoms. The fourth-order valence-electron chi connectivity index (χ4n) is 4.13. The average Bonchev–Trinajstić information content (AvgIpc) is 2.73. The van der Waals surface area contributed by atoms with Crippen LogP contribution in [0.1, 0.15) is 65.7 Å². The number of hydrogen-bond acceptors (Lipinski definition) is 4. The van der Waals surface area contributed by atoms with Gasteiger partial charge in [-0.25, -0.2) is 0 Å². The minimum atomic E-state index is 0.0924. The number of carbonyl (C=O) groups is 1. The second-order valence-corrected chi connectivity index (χ2v) is 8.13. The molecule has 1 heterocycles. The SMILES string of the molecule is CCNC(=NCC1(N2CCOCC2)CCCCC1)NCCC(=O)NC(C)CC. The maximum absolute atomic E-state index is 12.0. The van der Waals surface area contributed by atoms with Gasteiger partial charge in [-0.15, -0.1) is 0 Å². The van der Waals surface area contributed by atoms with Crippen molar-refractivity contribution in [2.45, 2.75) is 77.3 Å². The van der Waals surface area contributed by atoms with Gasteiger partial charge in [-0.2, -0.15) is 0 Å². The van der Waals surface area contributed by atoms with Crippen molar-refractivity contribution in [1.82, 2.24) is 20.9 Å². The van der Waals surface area contributed by atoms with Crippen LogP contribution in [-0.2, 0) is 9.53 Å². The van der Waals surface area contributed by atoms with Crippen molar-refractivity contribution < 1.29 is 9.53 Å². The van der Waals surface area contributed by atoms with Gasteiger partial charge in [0.25, 0.3) is 0 Å². The van der Waals surface area contributed by atoms with E-state index in [1.807, 2.05) is 6.92 Å². The smallest absolute Gasteiger partial charge is 0.221 e. The molecule has 3 N–H and O–H groups in total. The third kappa shape index (κ3) is 7.24. The molecule has 1 aliphatic heterocycles. The quantitative estimate of drug-likeness (QED) is 0.410. The molecule has 2 rings (SSSR count). The lowest BCUT2D eigenvalue weighted by atomic mass is 9.80. The second kappa shape index (κ2) is 12.3. The highest BCUT2D eigenvalue weighted by molar-refractivity contribution is 5.81. The molecule has 1 amide bonds. The second-order valence-electron chi connectivity index (χ2n) is 8.13. The van der Waals surface area contributed by atoms with Gasteiger partial charge >= 0.3 is 0 Å². The van der Waals surface area contributed by atoms with Crippen molar-refractivity contribution in [2.24, 2.45) is 4.99 Å². The molecular weight excluding hydrogens is 354 g/mol. The molecule has 7 nitrogen and oxygen atoms in total. The van der Waals surface area contributed by atoms with E-state index in [0.717, 1.165) is 51.8 Å². The number of nitrogens with zero attached hydrogens (tertiary/aromatic N) is 2. The minimum absolute atomic E-state index is 0.0924. The van der Waals surface area contributed by atoms with Crippen molar-refractivity contribution in [1.29, 1.82) is 0 Å². The zero-order valence-electron chi connectivity index (χ0n) is 18.2. The Morgan fingerprint density at radius 2 is 1.86 bits per heavy atom. The van der Waals surface area contributed by atoms with Crippen LogP contribution in [0.3, 0.4) is 0 Å². The van der Waals surface area contributed by atoms with Gasteiger partial charge in [0.1, 0.15) is 0 Å². The average molecular weight is 396 g/mol. The van der Waals surface area contributed by atoms with Gasteiger partial charge in [0.05, 0.1) is 19.8 Å². The summed E-state index contributed by atoms with van der Waals surface area (Å²) in [4.78, 5) is 19.5. The van der Waals surface area contributed by atoms with Gasteiger partial charge in [0.2, 0.25) is 5.91 Å². The molecule has 1 saturated carbocycles. The Morgan fingerprint density at radius 3 is 2.50 bits per heavy atom. The molecule has 0 aromatic rings. The van der Waals surface area contributed by atoms with E-state index < -0.39 is 0 Å². The highest BCUT2D eigenvalue weighted by Crippen LogP contribution is 2.34. The Balaban J connectivity index is 1.91. The maximum Gasteiger partial charge on any atom is 0.221 e. The summed E-state index contributed by atoms with van der Waals surface area (Å²) in [6, 6.07) is 0.231. The zero-order valence-corrected chi connectivity index (χ0v) is 18.2. The van der Waals surface area contributed by atoms with E-state index in [4.69, 9.17) is 9.73 Å². The van der Waals surface area contributed by atoms with Gasteiger partial charge in [0.15, 0.2) is 5.96 Å². The van der Waals surface area contributed by atoms with Crippen LogP contribution in [0.4, 0.5) is 0 Å². The Kier molecular flexibility index (Phi) is 10.1. The molecule has 1 unspecified atom stereocenters. The summed E-state index contributed by atoms with van der Waals surface area (Å²) < 4.78 is 5.57. The summed E-state index contributed by atoms with van der Waals surface area (Å²) in [5, 5.41) is 9.68. The van der Waals surface area contributed by atoms with Crippen molar-refractivity contribution in [3.63, 3.8) is 0 Å². The van der Waals surface area contributed by atoms with Crippen LogP contribution >= 0.6 is 0 Å². The van der Waals surface area contributed by atoms with Crippen molar-refractivity contribution in [3.05, 3.63) is 0 Å². The molecule has 1 saturated heterocycles. The fraction of sp³-hybridized carbons (Fsp3) is 0.905. The normalized spacial score (nSPS) is 21.8. The van der Waals surface area contributed by atoms with E-state index >= 15 is 0 Å². The van der Waals surface area contributed by atoms with Crippen LogP contribution < -0.4 is 16.0 Å². The minimum Gasteiger partial charge on any atom is -0.379 e. The van der Waals surface area contributed by atoms with Crippen LogP contribution in [-0.4, -0.2) is 74.3 Å². The number of rotatable bonds is 9. The van der Waals surface area contributed by atoms with Crippen LogP contribution in [0.25, 0.3) is 0 Å². The van der Waals surface area contributed by atoms with E-state index in [0.29, 0.717) is 13.0 Å². The highest BCUT2D eigenvalue weighted by atomic mass is 16.5. The largest absolute Gasteiger partial charge is 0.379 e. The molecule has 0 spiro atoms. The van der Waals surface area contributed by atoms with E-state index in [2.05, 4.69) is 34.7 Å². The molecule has 0 bridgehead atoms. The molecule has 2 aliphatic rings. The van der Waals surface area contributed by atoms with Gasteiger partial charge in [0, 0.05) is 44.2 Å². The van der Waals surface area contributed by atoms with E-state index in [1.165, 1.54) is 32.1 Å². The van der Waals surface area contributed by atoms with E-state index in [-0.39, 0.29) is 17.5 Å². The Morgan fingerprint density at radius 1 is 1.14 bits per heavy atom. The predicted molar refractivity (Wildman–Crippen MR) is 115 cm³/mol. The van der Waals surface area contributed by atoms with Crippen molar-refractivity contribution in [2.75, 3.05) is 45.9 Å². The first-order chi connectivity index (χ1) is 13.6. The number of ether oxygens (including phenoxy) is 1. The first kappa shape index (κ1) is 22.9. The molecule has 0 aromatic heterocycles. The van der Waals surface area contributed by atoms with E-state index in [9.17, 15) is 4.79 Å². The van der Waals surface area contributed by atoms with Crippen LogP contribution in [0.2, 0.25) is 0 Å². The number of morpholine rings is 1. The van der Waals surface area contributed by atoms with Crippen molar-refractivity contribution in [3.8, 4) is 0 Å². The van der Waals surface area contributed by atoms with Crippen LogP contribution in [0, 0.1) is 0 Å². The predicted octanol–water partition coefficient (Wildman–Crippen LogP) is 1.88. The molecule has 1 atom stereocenters. The Labute approximate surface area is 171 Å². The number of aliphatic imine (C=N–C) groups is 1. The number of amides is 1. The summed E-state index contributed by atoms with van der Waals surface area (Å²) in [5.41, 5.74) is 0.165. The Hall–Kier alpha value is -1.34. The summed E-state index contributed by atoms with van der Waals surface area (Å²) in [7, 11) is 0. The summed E-state index contributed by atoms with van der Waals surface area (Å²) in [5.74, 6) is 0.909. The lowest BCUT2D eigenvalue weighted by Crippen LogP contribution is -2.56. The molecular formula is C21H41N5O2. The van der Waals surface area contributed by atoms with Crippen LogP contribution in [0.15, 0.2) is 4.99 Å². The molecule has 2 fully saturated rings. The molecule has 0 radical (unpaired) electrons. The third-order valence-corrected chi connectivity index (χ3v) is 6.01. The maximum atomic E-state index is 12.0. The third-order valence-electron chi connectivity index (χ3n) is 6.01. The first-order valence-corrected chi connectivity index (χ1v) is 11.2. The number of guanidine groups is 1. The van der Waals surface area contributed by atoms with Gasteiger partial charge in [-0.1, -0.05) is 26.2 Å². The van der Waals surface area contributed by atoms with Crippen molar-refractivity contribution >= 4 is 11.9 Å². The van der Waals surface area contributed by atoms with Gasteiger partial charge in [-0.05, 0) is 33.1 Å². The van der Waals surface area contributed by atoms with Gasteiger partial charge in [-0.3, -0.25) is 14.7 Å². The molecule has 162 valence electrons. The lowest BCUT2D eigenvalue weighted by Gasteiger charge is -2.47. The highest BCUT2D eigenvalue weighted by Gasteiger charge is 2.38. The van der Waals surface area contributed by atoms with Crippen LogP contribution in [0.5, 0.6) is 0 Å². The first-order valence-electron chi connectivity index (χ1n) is 11.2. The number of nitrogens with one attached hydrogen (secondary N) is 3. The number of hydrogen-bond donors (Lipinski definition) is 3. The van der Waals surface area contributed by atoms with E-state index in [1.54, 1.807) is 0 Å². The summed E-state index contributed by atoms with van der Waals surface area (Å²) in [6.07, 6.45) is 7.75. The monoisotopic (exact) mass is 395 g/mol. The molecule has 7 heteroatoms. The topological polar surface area (TPSA) is 78.0 Å². The lowest BCUT2D eigenvalue weighted by molar-refractivity contribution is -0.121. The van der Waals surface area contributed by atoms with Gasteiger partial charge < -0.3 is 20.7 Å².